The first-order valence-corrected chi connectivity index (χ1v) is 5.28. The molecule has 3 N–H and O–H groups in total. The minimum absolute atomic E-state index is 0.0743. The van der Waals surface area contributed by atoms with Gasteiger partial charge in [-0.2, -0.15) is 0 Å². The van der Waals surface area contributed by atoms with Crippen LogP contribution in [0.5, 0.6) is 0 Å². The van der Waals surface area contributed by atoms with E-state index in [1.54, 1.807) is 6.07 Å². The zero-order valence-corrected chi connectivity index (χ0v) is 9.27. The molecule has 2 heterocycles. The van der Waals surface area contributed by atoms with Crippen LogP contribution in [0.25, 0.3) is 0 Å². The minimum Gasteiger partial charge on any atom is -0.384 e. The fourth-order valence-corrected chi connectivity index (χ4v) is 1.55. The molecule has 2 rings (SSSR count). The van der Waals surface area contributed by atoms with E-state index in [0.29, 0.717) is 38.0 Å². The molecule has 6 heteroatoms. The first-order chi connectivity index (χ1) is 7.74. The Kier molecular flexibility index (Phi) is 3.53. The Morgan fingerprint density at radius 3 is 3.06 bits per heavy atom. The average Bonchev–Trinajstić information content (AvgIpc) is 2.27. The van der Waals surface area contributed by atoms with Gasteiger partial charge in [0.25, 0.3) is 0 Å². The Morgan fingerprint density at radius 1 is 1.50 bits per heavy atom. The van der Waals surface area contributed by atoms with Crippen LogP contribution in [0, 0.1) is 6.92 Å². The van der Waals surface area contributed by atoms with E-state index in [0.717, 1.165) is 5.82 Å². The molecular weight excluding hydrogens is 208 g/mol. The molecule has 1 aromatic heterocycles. The molecule has 16 heavy (non-hydrogen) atoms. The fourth-order valence-electron chi connectivity index (χ4n) is 1.55. The van der Waals surface area contributed by atoms with Gasteiger partial charge in [0.05, 0.1) is 25.9 Å². The summed E-state index contributed by atoms with van der Waals surface area (Å²) in [5, 5.41) is 3.16. The molecule has 0 spiro atoms. The number of aryl methyl sites for hydroxylation is 1. The molecule has 0 radical (unpaired) electrons. The van der Waals surface area contributed by atoms with Crippen LogP contribution in [0.2, 0.25) is 0 Å². The zero-order valence-electron chi connectivity index (χ0n) is 9.27. The van der Waals surface area contributed by atoms with Gasteiger partial charge in [0.15, 0.2) is 0 Å². The van der Waals surface area contributed by atoms with Gasteiger partial charge in [-0.15, -0.1) is 0 Å². The Labute approximate surface area is 94.2 Å². The molecule has 1 aromatic rings. The summed E-state index contributed by atoms with van der Waals surface area (Å²) in [7, 11) is 0. The van der Waals surface area contributed by atoms with Crippen molar-refractivity contribution in [2.75, 3.05) is 37.4 Å². The largest absolute Gasteiger partial charge is 0.384 e. The lowest BCUT2D eigenvalue weighted by Crippen LogP contribution is -2.34. The number of hydrogen-bond donors (Lipinski definition) is 2. The van der Waals surface area contributed by atoms with Crippen molar-refractivity contribution >= 4 is 11.6 Å². The Bertz CT molecular complexity index is 332. The second-order valence-electron chi connectivity index (χ2n) is 3.67. The van der Waals surface area contributed by atoms with Gasteiger partial charge in [-0.05, 0) is 6.92 Å². The van der Waals surface area contributed by atoms with Crippen molar-refractivity contribution in [2.45, 2.75) is 13.0 Å². The number of nitrogens with one attached hydrogen (secondary N) is 1. The highest BCUT2D eigenvalue weighted by Crippen LogP contribution is 2.09. The van der Waals surface area contributed by atoms with Crippen molar-refractivity contribution < 1.29 is 9.47 Å². The van der Waals surface area contributed by atoms with E-state index >= 15 is 0 Å². The molecular formula is C10H16N4O2. The zero-order chi connectivity index (χ0) is 11.4. The summed E-state index contributed by atoms with van der Waals surface area (Å²) in [5.74, 6) is 1.85. The lowest BCUT2D eigenvalue weighted by atomic mass is 10.3. The lowest BCUT2D eigenvalue weighted by Gasteiger charge is -2.23. The fraction of sp³-hybridized carbons (Fsp3) is 0.600. The van der Waals surface area contributed by atoms with E-state index in [1.807, 2.05) is 6.92 Å². The Balaban J connectivity index is 1.88. The monoisotopic (exact) mass is 224 g/mol. The van der Waals surface area contributed by atoms with Gasteiger partial charge < -0.3 is 20.5 Å². The van der Waals surface area contributed by atoms with Gasteiger partial charge in [-0.1, -0.05) is 0 Å². The van der Waals surface area contributed by atoms with E-state index in [2.05, 4.69) is 15.3 Å². The van der Waals surface area contributed by atoms with E-state index in [4.69, 9.17) is 15.2 Å². The third-order valence-corrected chi connectivity index (χ3v) is 2.25. The second kappa shape index (κ2) is 5.09. The standard InChI is InChI=1S/C10H16N4O2/c1-7-13-9(11)4-10(14-7)12-5-8-6-15-2-3-16-8/h4,8H,2-3,5-6H2,1H3,(H3,11,12,13,14). The van der Waals surface area contributed by atoms with Gasteiger partial charge >= 0.3 is 0 Å². The normalized spacial score (nSPS) is 20.7. The molecule has 0 aromatic carbocycles. The van der Waals surface area contributed by atoms with Crippen molar-refractivity contribution in [3.05, 3.63) is 11.9 Å². The number of hydrogen-bond acceptors (Lipinski definition) is 6. The molecule has 0 saturated carbocycles. The summed E-state index contributed by atoms with van der Waals surface area (Å²) < 4.78 is 10.8. The summed E-state index contributed by atoms with van der Waals surface area (Å²) in [6.07, 6.45) is 0.0743. The van der Waals surface area contributed by atoms with E-state index in [-0.39, 0.29) is 6.10 Å². The topological polar surface area (TPSA) is 82.3 Å². The molecule has 1 atom stereocenters. The van der Waals surface area contributed by atoms with Gasteiger partial charge in [-0.25, -0.2) is 9.97 Å². The third-order valence-electron chi connectivity index (χ3n) is 2.25. The minimum atomic E-state index is 0.0743. The Morgan fingerprint density at radius 2 is 2.38 bits per heavy atom. The van der Waals surface area contributed by atoms with Gasteiger partial charge in [0.1, 0.15) is 17.5 Å². The van der Waals surface area contributed by atoms with Crippen LogP contribution in [0.15, 0.2) is 6.07 Å². The maximum atomic E-state index is 5.62. The van der Waals surface area contributed by atoms with Crippen LogP contribution >= 0.6 is 0 Å². The number of nitrogens with zero attached hydrogens (tertiary/aromatic N) is 2. The molecule has 1 saturated heterocycles. The summed E-state index contributed by atoms with van der Waals surface area (Å²) in [5.41, 5.74) is 5.62. The number of anilines is 2. The summed E-state index contributed by atoms with van der Waals surface area (Å²) in [6, 6.07) is 1.71. The smallest absolute Gasteiger partial charge is 0.131 e. The maximum Gasteiger partial charge on any atom is 0.131 e. The highest BCUT2D eigenvalue weighted by atomic mass is 16.6. The van der Waals surface area contributed by atoms with Crippen molar-refractivity contribution in [1.29, 1.82) is 0 Å². The predicted octanol–water partition coefficient (Wildman–Crippen LogP) is 0.195. The first kappa shape index (κ1) is 11.1. The van der Waals surface area contributed by atoms with Gasteiger partial charge in [0, 0.05) is 12.6 Å². The summed E-state index contributed by atoms with van der Waals surface area (Å²) >= 11 is 0. The SMILES string of the molecule is Cc1nc(N)cc(NCC2COCCO2)n1. The number of ether oxygens (including phenoxy) is 2. The quantitative estimate of drug-likeness (QED) is 0.763. The average molecular weight is 224 g/mol. The highest BCUT2D eigenvalue weighted by Gasteiger charge is 2.14. The maximum absolute atomic E-state index is 5.62. The summed E-state index contributed by atoms with van der Waals surface area (Å²) in [4.78, 5) is 8.22. The van der Waals surface area contributed by atoms with Crippen LogP contribution in [0.1, 0.15) is 5.82 Å². The number of aromatic nitrogens is 2. The van der Waals surface area contributed by atoms with Crippen molar-refractivity contribution in [3.63, 3.8) is 0 Å². The van der Waals surface area contributed by atoms with E-state index in [1.165, 1.54) is 0 Å². The molecule has 1 fully saturated rings. The molecule has 1 aliphatic rings. The molecule has 1 unspecified atom stereocenters. The predicted molar refractivity (Wildman–Crippen MR) is 60.2 cm³/mol. The van der Waals surface area contributed by atoms with Crippen molar-refractivity contribution in [3.8, 4) is 0 Å². The van der Waals surface area contributed by atoms with Gasteiger partial charge in [0.2, 0.25) is 0 Å². The summed E-state index contributed by atoms with van der Waals surface area (Å²) in [6.45, 7) is 4.41. The van der Waals surface area contributed by atoms with Crippen LogP contribution < -0.4 is 11.1 Å². The second-order valence-corrected chi connectivity index (χ2v) is 3.67. The molecule has 0 amide bonds. The van der Waals surface area contributed by atoms with Crippen LogP contribution in [0.3, 0.4) is 0 Å². The van der Waals surface area contributed by atoms with Crippen molar-refractivity contribution in [2.24, 2.45) is 0 Å². The van der Waals surface area contributed by atoms with Crippen LogP contribution in [-0.2, 0) is 9.47 Å². The lowest BCUT2D eigenvalue weighted by molar-refractivity contribution is -0.0819. The van der Waals surface area contributed by atoms with Crippen LogP contribution in [0.4, 0.5) is 11.6 Å². The Hall–Kier alpha value is -1.40. The molecule has 88 valence electrons. The van der Waals surface area contributed by atoms with E-state index < -0.39 is 0 Å². The molecule has 0 bridgehead atoms. The third kappa shape index (κ3) is 3.04. The number of rotatable bonds is 3. The molecule has 6 nitrogen and oxygen atoms in total. The molecule has 0 aliphatic carbocycles. The van der Waals surface area contributed by atoms with Crippen molar-refractivity contribution in [1.82, 2.24) is 9.97 Å². The number of nitrogen functional groups attached to an aromatic ring is 1. The van der Waals surface area contributed by atoms with Crippen LogP contribution in [-0.4, -0.2) is 42.4 Å². The number of nitrogens with two attached hydrogens (primary N) is 1. The van der Waals surface area contributed by atoms with E-state index in [9.17, 15) is 0 Å². The highest BCUT2D eigenvalue weighted by molar-refractivity contribution is 5.44. The first-order valence-electron chi connectivity index (χ1n) is 5.28. The van der Waals surface area contributed by atoms with Gasteiger partial charge in [-0.3, -0.25) is 0 Å². The molecule has 1 aliphatic heterocycles.